The smallest absolute Gasteiger partial charge is 0.220 e. The van der Waals surface area contributed by atoms with Gasteiger partial charge in [0, 0.05) is 36.4 Å². The molecule has 0 fully saturated rings. The molecule has 0 aliphatic carbocycles. The summed E-state index contributed by atoms with van der Waals surface area (Å²) in [5, 5.41) is 3.99. The lowest BCUT2D eigenvalue weighted by Gasteiger charge is -2.13. The van der Waals surface area contributed by atoms with Gasteiger partial charge in [0.25, 0.3) is 0 Å². The van der Waals surface area contributed by atoms with E-state index in [1.165, 1.54) is 0 Å². The van der Waals surface area contributed by atoms with Crippen LogP contribution in [0.15, 0.2) is 71.9 Å². The summed E-state index contributed by atoms with van der Waals surface area (Å²) in [7, 11) is 6.58. The van der Waals surface area contributed by atoms with E-state index in [0.717, 1.165) is 76.3 Å². The average molecular weight is 604 g/mol. The number of nitrogens with zero attached hydrogens (tertiary/aromatic N) is 2. The third kappa shape index (κ3) is 8.26. The Morgan fingerprint density at radius 1 is 0.837 bits per heavy atom. The van der Waals surface area contributed by atoms with Gasteiger partial charge in [0.05, 0.1) is 39.8 Å². The number of carbonyl (C=O) groups excluding carboxylic acids is 1. The Bertz CT molecular complexity index is 1470. The van der Waals surface area contributed by atoms with E-state index in [9.17, 15) is 4.79 Å². The van der Waals surface area contributed by atoms with Crippen molar-refractivity contribution in [3.63, 3.8) is 0 Å². The molecule has 1 aromatic heterocycles. The largest absolute Gasteiger partial charge is 0.497 e. The number of imidazole rings is 1. The second-order valence-corrected chi connectivity index (χ2v) is 11.0. The molecule has 228 valence electrons. The molecule has 1 heterocycles. The Morgan fingerprint density at radius 3 is 2.09 bits per heavy atom. The molecular weight excluding hydrogens is 562 g/mol. The van der Waals surface area contributed by atoms with Crippen LogP contribution in [-0.4, -0.2) is 56.2 Å². The molecule has 1 amide bonds. The molecule has 0 saturated carbocycles. The lowest BCUT2D eigenvalue weighted by atomic mass is 10.0. The first kappa shape index (κ1) is 31.8. The molecule has 1 N–H and O–H groups in total. The quantitative estimate of drug-likeness (QED) is 0.110. The number of thioether (sulfide) groups is 1. The summed E-state index contributed by atoms with van der Waals surface area (Å²) in [4.78, 5) is 17.7. The van der Waals surface area contributed by atoms with Crippen molar-refractivity contribution in [1.29, 1.82) is 0 Å². The number of aromatic nitrogens is 2. The van der Waals surface area contributed by atoms with Crippen LogP contribution in [-0.2, 0) is 17.8 Å². The summed E-state index contributed by atoms with van der Waals surface area (Å²) < 4.78 is 23.7. The van der Waals surface area contributed by atoms with E-state index in [0.29, 0.717) is 24.5 Å². The summed E-state index contributed by atoms with van der Waals surface area (Å²) >= 11 is 1.69. The Hall–Kier alpha value is -4.11. The van der Waals surface area contributed by atoms with Gasteiger partial charge >= 0.3 is 0 Å². The van der Waals surface area contributed by atoms with Gasteiger partial charge in [-0.1, -0.05) is 24.8 Å². The number of methoxy groups -OCH3 is 4. The number of nitrogens with one attached hydrogen (secondary N) is 1. The SMILES string of the molecule is CCCn1c(SCCCC(=O)NCCc2ccc(OC)c(OC)c2)nc(-c2ccc(OC)cc2)c1-c1ccc(OC)cc1. The molecule has 43 heavy (non-hydrogen) atoms. The molecule has 0 atom stereocenters. The number of carbonyl (C=O) groups is 1. The summed E-state index contributed by atoms with van der Waals surface area (Å²) in [5.74, 6) is 3.84. The van der Waals surface area contributed by atoms with Crippen molar-refractivity contribution in [2.75, 3.05) is 40.7 Å². The first-order chi connectivity index (χ1) is 21.0. The zero-order valence-corrected chi connectivity index (χ0v) is 26.5. The molecule has 0 unspecified atom stereocenters. The maximum Gasteiger partial charge on any atom is 0.220 e. The van der Waals surface area contributed by atoms with Gasteiger partial charge in [-0.2, -0.15) is 0 Å². The van der Waals surface area contributed by atoms with Gasteiger partial charge in [0.15, 0.2) is 16.7 Å². The summed E-state index contributed by atoms with van der Waals surface area (Å²) in [6.07, 6.45) is 2.90. The number of hydrogen-bond acceptors (Lipinski definition) is 7. The zero-order chi connectivity index (χ0) is 30.6. The van der Waals surface area contributed by atoms with Crippen LogP contribution in [0.5, 0.6) is 23.0 Å². The van der Waals surface area contributed by atoms with Crippen LogP contribution in [0.4, 0.5) is 0 Å². The van der Waals surface area contributed by atoms with Crippen LogP contribution in [0.1, 0.15) is 31.7 Å². The molecular formula is C34H41N3O5S. The third-order valence-corrected chi connectivity index (χ3v) is 8.13. The van der Waals surface area contributed by atoms with Crippen LogP contribution >= 0.6 is 11.8 Å². The summed E-state index contributed by atoms with van der Waals surface area (Å²) in [6.45, 7) is 3.58. The van der Waals surface area contributed by atoms with Crippen LogP contribution < -0.4 is 24.3 Å². The number of ether oxygens (including phenoxy) is 4. The van der Waals surface area contributed by atoms with Gasteiger partial charge in [-0.05, 0) is 85.5 Å². The predicted molar refractivity (Wildman–Crippen MR) is 173 cm³/mol. The number of hydrogen-bond donors (Lipinski definition) is 1. The van der Waals surface area contributed by atoms with Crippen molar-refractivity contribution in [3.8, 4) is 45.5 Å². The molecule has 0 bridgehead atoms. The van der Waals surface area contributed by atoms with Gasteiger partial charge in [-0.3, -0.25) is 4.79 Å². The molecule has 0 aliphatic rings. The first-order valence-electron chi connectivity index (χ1n) is 14.5. The van der Waals surface area contributed by atoms with E-state index in [4.69, 9.17) is 23.9 Å². The fourth-order valence-corrected chi connectivity index (χ4v) is 5.80. The number of amides is 1. The van der Waals surface area contributed by atoms with E-state index in [2.05, 4.69) is 28.9 Å². The maximum absolute atomic E-state index is 12.6. The molecule has 0 spiro atoms. The van der Waals surface area contributed by atoms with E-state index < -0.39 is 0 Å². The highest BCUT2D eigenvalue weighted by molar-refractivity contribution is 7.99. The average Bonchev–Trinajstić information content (AvgIpc) is 3.41. The number of rotatable bonds is 16. The van der Waals surface area contributed by atoms with E-state index in [1.54, 1.807) is 40.2 Å². The van der Waals surface area contributed by atoms with Crippen molar-refractivity contribution in [3.05, 3.63) is 72.3 Å². The molecule has 8 nitrogen and oxygen atoms in total. The molecule has 3 aromatic carbocycles. The van der Waals surface area contributed by atoms with Gasteiger partial charge in [0.2, 0.25) is 5.91 Å². The highest BCUT2D eigenvalue weighted by Crippen LogP contribution is 2.37. The highest BCUT2D eigenvalue weighted by atomic mass is 32.2. The van der Waals surface area contributed by atoms with Gasteiger partial charge in [-0.15, -0.1) is 0 Å². The summed E-state index contributed by atoms with van der Waals surface area (Å²) in [5.41, 5.74) is 5.18. The minimum Gasteiger partial charge on any atom is -0.497 e. The third-order valence-electron chi connectivity index (χ3n) is 7.07. The topological polar surface area (TPSA) is 83.8 Å². The molecule has 0 aliphatic heterocycles. The van der Waals surface area contributed by atoms with E-state index >= 15 is 0 Å². The van der Waals surface area contributed by atoms with Gasteiger partial charge in [0.1, 0.15) is 11.5 Å². The lowest BCUT2D eigenvalue weighted by Crippen LogP contribution is -2.25. The summed E-state index contributed by atoms with van der Waals surface area (Å²) in [6, 6.07) is 22.0. The van der Waals surface area contributed by atoms with Crippen molar-refractivity contribution in [1.82, 2.24) is 14.9 Å². The van der Waals surface area contributed by atoms with Crippen LogP contribution in [0, 0.1) is 0 Å². The number of benzene rings is 3. The first-order valence-corrected chi connectivity index (χ1v) is 15.5. The Kier molecular flexibility index (Phi) is 11.8. The minimum absolute atomic E-state index is 0.0517. The van der Waals surface area contributed by atoms with Crippen molar-refractivity contribution >= 4 is 17.7 Å². The van der Waals surface area contributed by atoms with Crippen LogP contribution in [0.3, 0.4) is 0 Å². The van der Waals surface area contributed by atoms with Gasteiger partial charge < -0.3 is 28.8 Å². The lowest BCUT2D eigenvalue weighted by molar-refractivity contribution is -0.121. The second kappa shape index (κ2) is 15.9. The zero-order valence-electron chi connectivity index (χ0n) is 25.6. The fraction of sp³-hybridized carbons (Fsp3) is 0.353. The monoisotopic (exact) mass is 603 g/mol. The van der Waals surface area contributed by atoms with E-state index in [-0.39, 0.29) is 5.91 Å². The Balaban J connectivity index is 1.42. The predicted octanol–water partition coefficient (Wildman–Crippen LogP) is 6.89. The fourth-order valence-electron chi connectivity index (χ4n) is 4.83. The van der Waals surface area contributed by atoms with E-state index in [1.807, 2.05) is 54.6 Å². The Morgan fingerprint density at radius 2 is 1.49 bits per heavy atom. The highest BCUT2D eigenvalue weighted by Gasteiger charge is 2.20. The molecule has 4 rings (SSSR count). The van der Waals surface area contributed by atoms with Crippen molar-refractivity contribution in [2.24, 2.45) is 0 Å². The molecule has 0 saturated heterocycles. The van der Waals surface area contributed by atoms with Gasteiger partial charge in [-0.25, -0.2) is 4.98 Å². The van der Waals surface area contributed by atoms with Crippen molar-refractivity contribution in [2.45, 2.75) is 44.3 Å². The van der Waals surface area contributed by atoms with Crippen molar-refractivity contribution < 1.29 is 23.7 Å². The van der Waals surface area contributed by atoms with Crippen LogP contribution in [0.2, 0.25) is 0 Å². The normalized spacial score (nSPS) is 10.8. The molecule has 9 heteroatoms. The molecule has 4 aromatic rings. The van der Waals surface area contributed by atoms with Crippen LogP contribution in [0.25, 0.3) is 22.5 Å². The second-order valence-electron chi connectivity index (χ2n) is 9.94. The Labute approximate surface area is 258 Å². The minimum atomic E-state index is 0.0517. The standard InChI is InChI=1S/C34H41N3O5S/c1-6-21-37-33(26-12-16-28(40-3)17-13-26)32(25-10-14-27(39-2)15-11-25)36-34(37)43-22-7-8-31(38)35-20-19-24-9-18-29(41-4)30(23-24)42-5/h9-18,23H,6-8,19-22H2,1-5H3,(H,35,38). The maximum atomic E-state index is 12.6. The molecule has 0 radical (unpaired) electrons.